The van der Waals surface area contributed by atoms with Gasteiger partial charge in [0.05, 0.1) is 18.4 Å². The van der Waals surface area contributed by atoms with Crippen LogP contribution in [0.2, 0.25) is 0 Å². The topological polar surface area (TPSA) is 81.4 Å². The Morgan fingerprint density at radius 3 is 2.62 bits per heavy atom. The lowest BCUT2D eigenvalue weighted by atomic mass is 10.3. The molecule has 2 rings (SSSR count). The highest BCUT2D eigenvalue weighted by Gasteiger charge is 2.17. The monoisotopic (exact) mass is 296 g/mol. The molecule has 1 heterocycles. The Balaban J connectivity index is 2.69. The molecule has 0 atom stereocenters. The molecule has 2 aromatic rings. The fourth-order valence-electron chi connectivity index (χ4n) is 1.64. The average Bonchev–Trinajstić information content (AvgIpc) is 2.42. The quantitative estimate of drug-likeness (QED) is 0.927. The van der Waals surface area contributed by atoms with Crippen molar-refractivity contribution in [2.45, 2.75) is 6.92 Å². The van der Waals surface area contributed by atoms with Gasteiger partial charge >= 0.3 is 5.97 Å². The zero-order chi connectivity index (χ0) is 15.6. The van der Waals surface area contributed by atoms with Gasteiger partial charge in [-0.3, -0.25) is 4.79 Å². The molecule has 21 heavy (non-hydrogen) atoms. The van der Waals surface area contributed by atoms with Gasteiger partial charge in [0.15, 0.2) is 11.6 Å². The van der Waals surface area contributed by atoms with Crippen molar-refractivity contribution in [2.75, 3.05) is 6.61 Å². The summed E-state index contributed by atoms with van der Waals surface area (Å²) in [5.74, 6) is -3.79. The maximum absolute atomic E-state index is 13.3. The van der Waals surface area contributed by atoms with Crippen LogP contribution in [-0.4, -0.2) is 27.5 Å². The van der Waals surface area contributed by atoms with Crippen LogP contribution in [0.3, 0.4) is 0 Å². The van der Waals surface area contributed by atoms with Crippen LogP contribution in [0.1, 0.15) is 17.4 Å². The normalized spacial score (nSPS) is 10.4. The Bertz CT molecular complexity index is 758. The first-order chi connectivity index (χ1) is 9.93. The maximum Gasteiger partial charge on any atom is 0.360 e. The van der Waals surface area contributed by atoms with E-state index >= 15 is 0 Å². The molecule has 1 aromatic heterocycles. The summed E-state index contributed by atoms with van der Waals surface area (Å²) >= 11 is 0. The minimum Gasteiger partial charge on any atom is -0.478 e. The number of aromatic carboxylic acids is 1. The lowest BCUT2D eigenvalue weighted by Gasteiger charge is -2.12. The van der Waals surface area contributed by atoms with Gasteiger partial charge in [0.1, 0.15) is 0 Å². The molecule has 0 radical (unpaired) electrons. The summed E-state index contributed by atoms with van der Waals surface area (Å²) < 4.78 is 32.3. The fraction of sp³-hybridized carbons (Fsp3) is 0.154. The van der Waals surface area contributed by atoms with Crippen LogP contribution in [0.5, 0.6) is 5.88 Å². The highest BCUT2D eigenvalue weighted by Crippen LogP contribution is 2.18. The summed E-state index contributed by atoms with van der Waals surface area (Å²) in [7, 11) is 0. The van der Waals surface area contributed by atoms with E-state index in [9.17, 15) is 18.4 Å². The molecule has 0 saturated carbocycles. The number of carboxylic acid groups (broad SMARTS) is 1. The van der Waals surface area contributed by atoms with Gasteiger partial charge in [-0.25, -0.2) is 13.6 Å². The lowest BCUT2D eigenvalue weighted by Crippen LogP contribution is -2.22. The Kier molecular flexibility index (Phi) is 3.97. The standard InChI is InChI=1S/C13H10F2N2O4/c1-2-21-11-6-10(18)12(13(19)20)16-17(11)7-3-4-8(14)9(15)5-7/h3-6H,2H2,1H3,(H,19,20). The number of nitrogens with zero attached hydrogens (tertiary/aromatic N) is 2. The smallest absolute Gasteiger partial charge is 0.360 e. The van der Waals surface area contributed by atoms with Crippen LogP contribution in [0.15, 0.2) is 29.1 Å². The SMILES string of the molecule is CCOc1cc(=O)c(C(=O)O)nn1-c1ccc(F)c(F)c1. The molecule has 0 bridgehead atoms. The van der Waals surface area contributed by atoms with Crippen LogP contribution in [-0.2, 0) is 0 Å². The highest BCUT2D eigenvalue weighted by atomic mass is 19.2. The lowest BCUT2D eigenvalue weighted by molar-refractivity contribution is 0.0686. The zero-order valence-corrected chi connectivity index (χ0v) is 10.8. The largest absolute Gasteiger partial charge is 0.478 e. The fourth-order valence-corrected chi connectivity index (χ4v) is 1.64. The second kappa shape index (κ2) is 5.70. The van der Waals surface area contributed by atoms with Crippen molar-refractivity contribution in [2.24, 2.45) is 0 Å². The predicted molar refractivity (Wildman–Crippen MR) is 67.9 cm³/mol. The van der Waals surface area contributed by atoms with E-state index < -0.39 is 28.7 Å². The number of carboxylic acids is 1. The Labute approximate surface area is 117 Å². The number of hydrogen-bond donors (Lipinski definition) is 1. The zero-order valence-electron chi connectivity index (χ0n) is 10.8. The molecule has 0 fully saturated rings. The van der Waals surface area contributed by atoms with Crippen LogP contribution < -0.4 is 10.2 Å². The van der Waals surface area contributed by atoms with Crippen molar-refractivity contribution in [3.63, 3.8) is 0 Å². The van der Waals surface area contributed by atoms with Gasteiger partial charge < -0.3 is 9.84 Å². The van der Waals surface area contributed by atoms with Crippen molar-refractivity contribution in [3.05, 3.63) is 51.8 Å². The Hall–Kier alpha value is -2.77. The molecule has 0 unspecified atom stereocenters. The molecule has 8 heteroatoms. The number of rotatable bonds is 4. The Morgan fingerprint density at radius 1 is 1.33 bits per heavy atom. The molecule has 0 spiro atoms. The van der Waals surface area contributed by atoms with E-state index in [1.807, 2.05) is 0 Å². The number of carbonyl (C=O) groups is 1. The van der Waals surface area contributed by atoms with Crippen molar-refractivity contribution >= 4 is 5.97 Å². The number of benzene rings is 1. The molecule has 1 N–H and O–H groups in total. The van der Waals surface area contributed by atoms with E-state index in [4.69, 9.17) is 9.84 Å². The van der Waals surface area contributed by atoms with Crippen LogP contribution in [0.4, 0.5) is 8.78 Å². The summed E-state index contributed by atoms with van der Waals surface area (Å²) in [6.07, 6.45) is 0. The first-order valence-corrected chi connectivity index (χ1v) is 5.90. The second-order valence-electron chi connectivity index (χ2n) is 3.94. The first-order valence-electron chi connectivity index (χ1n) is 5.90. The highest BCUT2D eigenvalue weighted by molar-refractivity contribution is 5.85. The summed E-state index contributed by atoms with van der Waals surface area (Å²) in [5, 5.41) is 12.5. The van der Waals surface area contributed by atoms with Gasteiger partial charge in [-0.05, 0) is 19.1 Å². The maximum atomic E-state index is 13.3. The predicted octanol–water partition coefficient (Wildman–Crippen LogP) is 1.61. The number of halogens is 2. The summed E-state index contributed by atoms with van der Waals surface area (Å²) in [5.41, 5.74) is -1.56. The van der Waals surface area contributed by atoms with Crippen molar-refractivity contribution < 1.29 is 23.4 Å². The van der Waals surface area contributed by atoms with Crippen molar-refractivity contribution in [1.82, 2.24) is 9.78 Å². The minimum absolute atomic E-state index is 0.0276. The van der Waals surface area contributed by atoms with Crippen molar-refractivity contribution in [3.8, 4) is 11.6 Å². The molecule has 6 nitrogen and oxygen atoms in total. The molecule has 0 amide bonds. The van der Waals surface area contributed by atoms with Gasteiger partial charge in [0, 0.05) is 6.07 Å². The first kappa shape index (κ1) is 14.6. The van der Waals surface area contributed by atoms with Gasteiger partial charge in [-0.2, -0.15) is 9.78 Å². The molecule has 0 aliphatic carbocycles. The van der Waals surface area contributed by atoms with Crippen LogP contribution in [0.25, 0.3) is 5.69 Å². The van der Waals surface area contributed by atoms with Gasteiger partial charge in [0.25, 0.3) is 0 Å². The van der Waals surface area contributed by atoms with E-state index in [-0.39, 0.29) is 18.2 Å². The van der Waals surface area contributed by atoms with E-state index in [0.29, 0.717) is 0 Å². The molecular formula is C13H10F2N2O4. The van der Waals surface area contributed by atoms with Crippen LogP contribution in [0, 0.1) is 11.6 Å². The van der Waals surface area contributed by atoms with E-state index in [1.54, 1.807) is 6.92 Å². The van der Waals surface area contributed by atoms with E-state index in [1.165, 1.54) is 6.07 Å². The minimum atomic E-state index is -1.53. The molecular weight excluding hydrogens is 286 g/mol. The van der Waals surface area contributed by atoms with E-state index in [2.05, 4.69) is 5.10 Å². The molecule has 110 valence electrons. The summed E-state index contributed by atoms with van der Waals surface area (Å²) in [6, 6.07) is 3.80. The molecule has 1 aromatic carbocycles. The number of aromatic nitrogens is 2. The summed E-state index contributed by atoms with van der Waals surface area (Å²) in [6.45, 7) is 1.82. The molecule has 0 aliphatic heterocycles. The molecule has 0 aliphatic rings. The van der Waals surface area contributed by atoms with E-state index in [0.717, 1.165) is 22.9 Å². The van der Waals surface area contributed by atoms with Gasteiger partial charge in [-0.1, -0.05) is 0 Å². The summed E-state index contributed by atoms with van der Waals surface area (Å²) in [4.78, 5) is 22.5. The second-order valence-corrected chi connectivity index (χ2v) is 3.94. The van der Waals surface area contributed by atoms with Crippen LogP contribution >= 0.6 is 0 Å². The third-order valence-electron chi connectivity index (χ3n) is 2.54. The third-order valence-corrected chi connectivity index (χ3v) is 2.54. The molecule has 0 saturated heterocycles. The van der Waals surface area contributed by atoms with Gasteiger partial charge in [0.2, 0.25) is 17.0 Å². The van der Waals surface area contributed by atoms with Crippen molar-refractivity contribution in [1.29, 1.82) is 0 Å². The van der Waals surface area contributed by atoms with Gasteiger partial charge in [-0.15, -0.1) is 0 Å². The average molecular weight is 296 g/mol. The third kappa shape index (κ3) is 2.88. The Morgan fingerprint density at radius 2 is 2.05 bits per heavy atom. The number of ether oxygens (including phenoxy) is 1. The number of hydrogen-bond acceptors (Lipinski definition) is 4.